The van der Waals surface area contributed by atoms with Crippen LogP contribution in [0.5, 0.6) is 0 Å². The van der Waals surface area contributed by atoms with E-state index >= 15 is 0 Å². The van der Waals surface area contributed by atoms with Crippen molar-refractivity contribution in [2.45, 2.75) is 0 Å². The monoisotopic (exact) mass is 171 g/mol. The number of hydrazine groups is 1. The fraction of sp³-hybridized carbons (Fsp3) is 0. The van der Waals surface area contributed by atoms with Gasteiger partial charge in [0.25, 0.3) is 0 Å². The number of nitrogens with two attached hydrogens (primary N) is 1. The number of urea groups is 1. The molecule has 0 aromatic heterocycles. The molecular formula is C4H5N5O3. The summed E-state index contributed by atoms with van der Waals surface area (Å²) in [5.74, 6) is -1.24. The summed E-state index contributed by atoms with van der Waals surface area (Å²) in [5.41, 5.74) is 6.50. The highest BCUT2D eigenvalue weighted by Gasteiger charge is 2.15. The van der Waals surface area contributed by atoms with E-state index in [4.69, 9.17) is 10.8 Å². The van der Waals surface area contributed by atoms with Crippen LogP contribution in [0.25, 0.3) is 0 Å². The summed E-state index contributed by atoms with van der Waals surface area (Å²) >= 11 is 0. The van der Waals surface area contributed by atoms with Crippen LogP contribution in [-0.4, -0.2) is 34.2 Å². The smallest absolute Gasteiger partial charge is 0.358 e. The van der Waals surface area contributed by atoms with Gasteiger partial charge in [0.05, 0.1) is 6.21 Å². The average molecular weight is 171 g/mol. The summed E-state index contributed by atoms with van der Waals surface area (Å²) < 4.78 is 0. The lowest BCUT2D eigenvalue weighted by molar-refractivity contribution is -0.129. The van der Waals surface area contributed by atoms with Gasteiger partial charge in [0, 0.05) is 0 Å². The molecule has 1 aliphatic heterocycles. The maximum Gasteiger partial charge on any atom is 0.358 e. The van der Waals surface area contributed by atoms with Crippen LogP contribution in [0.15, 0.2) is 10.2 Å². The summed E-state index contributed by atoms with van der Waals surface area (Å²) in [6.45, 7) is 0. The van der Waals surface area contributed by atoms with Crippen molar-refractivity contribution in [1.82, 2.24) is 10.7 Å². The van der Waals surface area contributed by atoms with Crippen molar-refractivity contribution >= 4 is 23.9 Å². The Hall–Kier alpha value is -2.12. The van der Waals surface area contributed by atoms with Crippen LogP contribution in [0.3, 0.4) is 0 Å². The van der Waals surface area contributed by atoms with E-state index in [0.717, 1.165) is 6.21 Å². The van der Waals surface area contributed by atoms with Gasteiger partial charge in [0.15, 0.2) is 5.71 Å². The Morgan fingerprint density at radius 2 is 2.33 bits per heavy atom. The predicted molar refractivity (Wildman–Crippen MR) is 38.1 cm³/mol. The van der Waals surface area contributed by atoms with Gasteiger partial charge in [-0.25, -0.2) is 9.59 Å². The van der Waals surface area contributed by atoms with Gasteiger partial charge in [-0.1, -0.05) is 0 Å². The molecule has 8 heteroatoms. The number of rotatable bonds is 1. The molecular weight excluding hydrogens is 166 g/mol. The van der Waals surface area contributed by atoms with E-state index in [1.54, 1.807) is 0 Å². The maximum absolute atomic E-state index is 10.4. The fourth-order valence-corrected chi connectivity index (χ4v) is 0.478. The van der Waals surface area contributed by atoms with Crippen LogP contribution in [0, 0.1) is 0 Å². The number of hydrazone groups is 2. The summed E-state index contributed by atoms with van der Waals surface area (Å²) in [6.07, 6.45) is 0.906. The van der Waals surface area contributed by atoms with E-state index in [0.29, 0.717) is 5.12 Å². The average Bonchev–Trinajstić information content (AvgIpc) is 2.04. The van der Waals surface area contributed by atoms with Gasteiger partial charge >= 0.3 is 12.0 Å². The fourth-order valence-electron chi connectivity index (χ4n) is 0.478. The second-order valence-electron chi connectivity index (χ2n) is 1.80. The normalized spacial score (nSPS) is 15.0. The molecule has 0 radical (unpaired) electrons. The van der Waals surface area contributed by atoms with E-state index < -0.39 is 12.0 Å². The molecule has 64 valence electrons. The molecule has 4 N–H and O–H groups in total. The van der Waals surface area contributed by atoms with Gasteiger partial charge in [-0.05, 0) is 0 Å². The standard InChI is InChI=1S/C4H5N5O3/c5-4(12)9-6-1-2(3(10)11)7-8-9/h1,8H,(H2,5,12)(H,10,11). The molecule has 0 spiro atoms. The number of carbonyl (C=O) groups excluding carboxylic acids is 1. The molecule has 12 heavy (non-hydrogen) atoms. The first kappa shape index (κ1) is 7.98. The van der Waals surface area contributed by atoms with E-state index in [1.807, 2.05) is 5.53 Å². The molecule has 1 heterocycles. The second-order valence-corrected chi connectivity index (χ2v) is 1.80. The zero-order valence-electron chi connectivity index (χ0n) is 5.76. The summed E-state index contributed by atoms with van der Waals surface area (Å²) in [6, 6.07) is -0.876. The van der Waals surface area contributed by atoms with Crippen molar-refractivity contribution in [1.29, 1.82) is 0 Å². The number of carbonyl (C=O) groups is 2. The first-order chi connectivity index (χ1) is 5.61. The number of carboxylic acids is 1. The Bertz CT molecular complexity index is 282. The van der Waals surface area contributed by atoms with Crippen LogP contribution in [-0.2, 0) is 4.79 Å². The summed E-state index contributed by atoms with van der Waals surface area (Å²) in [7, 11) is 0. The van der Waals surface area contributed by atoms with E-state index in [1.165, 1.54) is 0 Å². The molecule has 8 nitrogen and oxygen atoms in total. The molecule has 0 aromatic carbocycles. The van der Waals surface area contributed by atoms with Crippen LogP contribution in [0.2, 0.25) is 0 Å². The van der Waals surface area contributed by atoms with Crippen molar-refractivity contribution in [2.75, 3.05) is 0 Å². The van der Waals surface area contributed by atoms with Crippen LogP contribution in [0.4, 0.5) is 4.79 Å². The van der Waals surface area contributed by atoms with Crippen molar-refractivity contribution in [3.8, 4) is 0 Å². The van der Waals surface area contributed by atoms with Gasteiger partial charge in [-0.15, -0.1) is 10.2 Å². The zero-order chi connectivity index (χ0) is 9.14. The van der Waals surface area contributed by atoms with Gasteiger partial charge in [0.1, 0.15) is 0 Å². The SMILES string of the molecule is NC(=O)N1N=CC(C(=O)O)=NN1. The van der Waals surface area contributed by atoms with Gasteiger partial charge in [-0.3, -0.25) is 0 Å². The molecule has 0 aromatic rings. The van der Waals surface area contributed by atoms with Crippen LogP contribution >= 0.6 is 0 Å². The first-order valence-corrected chi connectivity index (χ1v) is 2.81. The van der Waals surface area contributed by atoms with Gasteiger partial charge in [0.2, 0.25) is 0 Å². The minimum absolute atomic E-state index is 0.299. The number of nitrogens with one attached hydrogen (secondary N) is 1. The molecule has 0 saturated carbocycles. The van der Waals surface area contributed by atoms with Gasteiger partial charge < -0.3 is 10.8 Å². The van der Waals surface area contributed by atoms with Crippen molar-refractivity contribution in [3.05, 3.63) is 0 Å². The van der Waals surface area contributed by atoms with Gasteiger partial charge in [-0.2, -0.15) is 10.6 Å². The summed E-state index contributed by atoms with van der Waals surface area (Å²) in [4.78, 5) is 20.6. The molecule has 0 bridgehead atoms. The number of carboxylic acid groups (broad SMARTS) is 1. The molecule has 0 aliphatic carbocycles. The molecule has 0 unspecified atom stereocenters. The Morgan fingerprint density at radius 1 is 1.67 bits per heavy atom. The Kier molecular flexibility index (Phi) is 1.90. The molecule has 0 fully saturated rings. The van der Waals surface area contributed by atoms with E-state index in [-0.39, 0.29) is 5.71 Å². The largest absolute Gasteiger partial charge is 0.476 e. The summed E-state index contributed by atoms with van der Waals surface area (Å²) in [5, 5.41) is 15.6. The van der Waals surface area contributed by atoms with E-state index in [9.17, 15) is 9.59 Å². The Morgan fingerprint density at radius 3 is 2.67 bits per heavy atom. The minimum Gasteiger partial charge on any atom is -0.476 e. The van der Waals surface area contributed by atoms with Crippen molar-refractivity contribution in [3.63, 3.8) is 0 Å². The number of nitrogens with zero attached hydrogens (tertiary/aromatic N) is 3. The van der Waals surface area contributed by atoms with Crippen LogP contribution < -0.4 is 11.3 Å². The number of hydrogen-bond donors (Lipinski definition) is 3. The molecule has 0 atom stereocenters. The predicted octanol–water partition coefficient (Wildman–Crippen LogP) is -1.69. The molecule has 0 saturated heterocycles. The number of hydrogen-bond acceptors (Lipinski definition) is 5. The molecule has 2 amide bonds. The zero-order valence-corrected chi connectivity index (χ0v) is 5.76. The lowest BCUT2D eigenvalue weighted by Gasteiger charge is -2.15. The maximum atomic E-state index is 10.4. The Labute approximate surface area is 66.3 Å². The van der Waals surface area contributed by atoms with Crippen molar-refractivity contribution < 1.29 is 14.7 Å². The minimum atomic E-state index is -1.24. The number of primary amides is 1. The lowest BCUT2D eigenvalue weighted by atomic mass is 10.4. The first-order valence-electron chi connectivity index (χ1n) is 2.81. The highest BCUT2D eigenvalue weighted by atomic mass is 16.4. The number of aliphatic carboxylic acids is 1. The Balaban J connectivity index is 2.68. The van der Waals surface area contributed by atoms with Crippen LogP contribution in [0.1, 0.15) is 0 Å². The van der Waals surface area contributed by atoms with E-state index in [2.05, 4.69) is 10.2 Å². The highest BCUT2D eigenvalue weighted by molar-refractivity contribution is 6.58. The third-order valence-corrected chi connectivity index (χ3v) is 0.989. The topological polar surface area (TPSA) is 120 Å². The highest BCUT2D eigenvalue weighted by Crippen LogP contribution is 1.89. The lowest BCUT2D eigenvalue weighted by Crippen LogP contribution is -2.43. The second kappa shape index (κ2) is 2.86. The van der Waals surface area contributed by atoms with Crippen molar-refractivity contribution in [2.24, 2.45) is 15.9 Å². The number of amides is 2. The quantitative estimate of drug-likeness (QED) is 0.435. The molecule has 1 aliphatic rings. The third-order valence-electron chi connectivity index (χ3n) is 0.989. The third kappa shape index (κ3) is 1.48. The molecule has 1 rings (SSSR count).